The Morgan fingerprint density at radius 1 is 1.12 bits per heavy atom. The Balaban J connectivity index is 1.62. The van der Waals surface area contributed by atoms with Crippen LogP contribution in [0.25, 0.3) is 11.3 Å². The molecule has 0 atom stereocenters. The second-order valence-electron chi connectivity index (χ2n) is 8.92. The Morgan fingerprint density at radius 2 is 1.85 bits per heavy atom. The molecule has 1 aromatic heterocycles. The number of esters is 1. The minimum Gasteiger partial charge on any atom is -0.461 e. The molecule has 2 heterocycles. The summed E-state index contributed by atoms with van der Waals surface area (Å²) in [5.74, 6) is 1.44. The number of aromatic nitrogens is 2. The van der Waals surface area contributed by atoms with Gasteiger partial charge in [-0.3, -0.25) is 4.68 Å². The number of carbonyl (C=O) groups is 1. The van der Waals surface area contributed by atoms with Crippen molar-refractivity contribution >= 4 is 17.6 Å². The SMILES string of the molecule is CCOC(=O)c1nn(CC2CCCCC2)c(-c2ccccc2)c1Cc1cc2c(cc1Cl)OCO2. The van der Waals surface area contributed by atoms with E-state index < -0.39 is 5.97 Å². The van der Waals surface area contributed by atoms with Crippen LogP contribution in [-0.2, 0) is 17.7 Å². The summed E-state index contributed by atoms with van der Waals surface area (Å²) in [5, 5.41) is 5.41. The molecule has 0 amide bonds. The zero-order valence-electron chi connectivity index (χ0n) is 19.4. The third-order valence-electron chi connectivity index (χ3n) is 6.63. The van der Waals surface area contributed by atoms with Gasteiger partial charge >= 0.3 is 5.97 Å². The molecule has 7 heteroatoms. The number of hydrogen-bond donors (Lipinski definition) is 0. The van der Waals surface area contributed by atoms with Gasteiger partial charge in [0.1, 0.15) is 0 Å². The second kappa shape index (κ2) is 10.1. The molecule has 1 aliphatic carbocycles. The highest BCUT2D eigenvalue weighted by Gasteiger charge is 2.28. The molecule has 0 bridgehead atoms. The third kappa shape index (κ3) is 4.64. The maximum Gasteiger partial charge on any atom is 0.359 e. The van der Waals surface area contributed by atoms with Crippen LogP contribution in [0.5, 0.6) is 11.5 Å². The van der Waals surface area contributed by atoms with Crippen LogP contribution in [0.15, 0.2) is 42.5 Å². The summed E-state index contributed by atoms with van der Waals surface area (Å²) in [6.45, 7) is 3.06. The van der Waals surface area contributed by atoms with Crippen LogP contribution in [-0.4, -0.2) is 29.1 Å². The summed E-state index contributed by atoms with van der Waals surface area (Å²) in [5.41, 5.74) is 3.99. The van der Waals surface area contributed by atoms with E-state index in [-0.39, 0.29) is 6.79 Å². The molecule has 0 radical (unpaired) electrons. The van der Waals surface area contributed by atoms with Crippen LogP contribution in [0.2, 0.25) is 5.02 Å². The Kier molecular flexibility index (Phi) is 6.77. The van der Waals surface area contributed by atoms with Gasteiger partial charge in [0.2, 0.25) is 6.79 Å². The molecule has 34 heavy (non-hydrogen) atoms. The van der Waals surface area contributed by atoms with Crippen molar-refractivity contribution in [3.05, 3.63) is 64.3 Å². The molecule has 6 nitrogen and oxygen atoms in total. The summed E-state index contributed by atoms with van der Waals surface area (Å²) in [6, 6.07) is 13.8. The Hall–Kier alpha value is -2.99. The van der Waals surface area contributed by atoms with Crippen LogP contribution in [0.1, 0.15) is 60.6 Å². The number of benzene rings is 2. The van der Waals surface area contributed by atoms with Crippen molar-refractivity contribution in [3.8, 4) is 22.8 Å². The van der Waals surface area contributed by atoms with Gasteiger partial charge in [0.05, 0.1) is 12.3 Å². The third-order valence-corrected chi connectivity index (χ3v) is 6.98. The molecule has 3 aromatic rings. The smallest absolute Gasteiger partial charge is 0.359 e. The molecule has 0 spiro atoms. The van der Waals surface area contributed by atoms with Crippen molar-refractivity contribution in [2.75, 3.05) is 13.4 Å². The van der Waals surface area contributed by atoms with Crippen molar-refractivity contribution < 1.29 is 19.0 Å². The summed E-state index contributed by atoms with van der Waals surface area (Å²) >= 11 is 6.63. The number of nitrogens with zero attached hydrogens (tertiary/aromatic N) is 2. The first-order chi connectivity index (χ1) is 16.6. The second-order valence-corrected chi connectivity index (χ2v) is 9.33. The average Bonchev–Trinajstić information content (AvgIpc) is 3.45. The van der Waals surface area contributed by atoms with Crippen LogP contribution < -0.4 is 9.47 Å². The van der Waals surface area contributed by atoms with Gasteiger partial charge in [-0.2, -0.15) is 5.10 Å². The fraction of sp³-hybridized carbons (Fsp3) is 0.407. The average molecular weight is 481 g/mol. The van der Waals surface area contributed by atoms with Crippen molar-refractivity contribution in [3.63, 3.8) is 0 Å². The van der Waals surface area contributed by atoms with Gasteiger partial charge in [-0.15, -0.1) is 0 Å². The zero-order chi connectivity index (χ0) is 23.5. The molecular formula is C27H29ClN2O4. The maximum atomic E-state index is 13.0. The molecule has 1 fully saturated rings. The molecule has 1 saturated carbocycles. The van der Waals surface area contributed by atoms with E-state index in [9.17, 15) is 4.79 Å². The van der Waals surface area contributed by atoms with Crippen LogP contribution in [0.3, 0.4) is 0 Å². The number of ether oxygens (including phenoxy) is 3. The van der Waals surface area contributed by atoms with E-state index in [1.54, 1.807) is 6.07 Å². The first kappa shape index (κ1) is 22.8. The van der Waals surface area contributed by atoms with Crippen LogP contribution >= 0.6 is 11.6 Å². The van der Waals surface area contributed by atoms with Gasteiger partial charge in [0.25, 0.3) is 0 Å². The predicted molar refractivity (Wildman–Crippen MR) is 131 cm³/mol. The van der Waals surface area contributed by atoms with Gasteiger partial charge in [-0.1, -0.05) is 61.2 Å². The fourth-order valence-corrected chi connectivity index (χ4v) is 5.20. The van der Waals surface area contributed by atoms with Gasteiger partial charge in [-0.25, -0.2) is 4.79 Å². The van der Waals surface area contributed by atoms with E-state index in [1.807, 2.05) is 35.9 Å². The van der Waals surface area contributed by atoms with Crippen LogP contribution in [0.4, 0.5) is 0 Å². The van der Waals surface area contributed by atoms with Crippen molar-refractivity contribution in [2.45, 2.75) is 52.0 Å². The van der Waals surface area contributed by atoms with E-state index in [0.29, 0.717) is 41.2 Å². The number of hydrogen-bond acceptors (Lipinski definition) is 5. The standard InChI is InChI=1S/C27H29ClN2O4/c1-2-32-27(31)25-21(13-20-14-23-24(15-22(20)28)34-17-33-23)26(19-11-7-4-8-12-19)30(29-25)16-18-9-5-3-6-10-18/h4,7-8,11-12,14-15,18H,2-3,5-6,9-10,13,16-17H2,1H3. The molecule has 2 aliphatic rings. The van der Waals surface area contributed by atoms with E-state index in [1.165, 1.54) is 32.1 Å². The number of halogens is 1. The van der Waals surface area contributed by atoms with Gasteiger partial charge in [0.15, 0.2) is 17.2 Å². The quantitative estimate of drug-likeness (QED) is 0.372. The van der Waals surface area contributed by atoms with Gasteiger partial charge < -0.3 is 14.2 Å². The number of rotatable bonds is 7. The molecular weight excluding hydrogens is 452 g/mol. The lowest BCUT2D eigenvalue weighted by Crippen LogP contribution is -2.16. The van der Waals surface area contributed by atoms with Gasteiger partial charge in [-0.05, 0) is 37.3 Å². The molecule has 5 rings (SSSR count). The lowest BCUT2D eigenvalue weighted by molar-refractivity contribution is 0.0517. The Labute approximate surface area is 204 Å². The van der Waals surface area contributed by atoms with Crippen molar-refractivity contribution in [2.24, 2.45) is 5.92 Å². The van der Waals surface area contributed by atoms with E-state index in [2.05, 4.69) is 12.1 Å². The fourth-order valence-electron chi connectivity index (χ4n) is 4.98. The Morgan fingerprint density at radius 3 is 2.59 bits per heavy atom. The lowest BCUT2D eigenvalue weighted by atomic mass is 9.89. The first-order valence-corrected chi connectivity index (χ1v) is 12.4. The van der Waals surface area contributed by atoms with E-state index in [4.69, 9.17) is 30.9 Å². The van der Waals surface area contributed by atoms with E-state index >= 15 is 0 Å². The summed E-state index contributed by atoms with van der Waals surface area (Å²) in [7, 11) is 0. The van der Waals surface area contributed by atoms with Crippen molar-refractivity contribution in [1.82, 2.24) is 9.78 Å². The number of fused-ring (bicyclic) bond motifs is 1. The monoisotopic (exact) mass is 480 g/mol. The minimum absolute atomic E-state index is 0.178. The van der Waals surface area contributed by atoms with Crippen molar-refractivity contribution in [1.29, 1.82) is 0 Å². The maximum absolute atomic E-state index is 13.0. The Bertz CT molecular complexity index is 1170. The first-order valence-electron chi connectivity index (χ1n) is 12.0. The topological polar surface area (TPSA) is 62.6 Å². The molecule has 1 aliphatic heterocycles. The minimum atomic E-state index is -0.408. The highest BCUT2D eigenvalue weighted by molar-refractivity contribution is 6.31. The van der Waals surface area contributed by atoms with Gasteiger partial charge in [0, 0.05) is 35.2 Å². The summed E-state index contributed by atoms with van der Waals surface area (Å²) in [6.07, 6.45) is 6.59. The van der Waals surface area contributed by atoms with Crippen LogP contribution in [0, 0.1) is 5.92 Å². The highest BCUT2D eigenvalue weighted by atomic mass is 35.5. The zero-order valence-corrected chi connectivity index (χ0v) is 20.1. The number of carbonyl (C=O) groups excluding carboxylic acids is 1. The highest BCUT2D eigenvalue weighted by Crippen LogP contribution is 2.39. The predicted octanol–water partition coefficient (Wildman–Crippen LogP) is 6.28. The largest absolute Gasteiger partial charge is 0.461 e. The summed E-state index contributed by atoms with van der Waals surface area (Å²) in [4.78, 5) is 13.0. The summed E-state index contributed by atoms with van der Waals surface area (Å²) < 4.78 is 18.5. The van der Waals surface area contributed by atoms with E-state index in [0.717, 1.165) is 28.9 Å². The normalized spacial score (nSPS) is 15.5. The molecule has 0 N–H and O–H groups in total. The molecule has 178 valence electrons. The molecule has 0 saturated heterocycles. The molecule has 2 aromatic carbocycles. The lowest BCUT2D eigenvalue weighted by Gasteiger charge is -2.22. The molecule has 0 unspecified atom stereocenters.